The van der Waals surface area contributed by atoms with Gasteiger partial charge in [0.05, 0.1) is 24.9 Å². The van der Waals surface area contributed by atoms with E-state index in [1.54, 1.807) is 23.3 Å². The molecule has 1 saturated heterocycles. The Morgan fingerprint density at radius 2 is 2.17 bits per heavy atom. The largest absolute Gasteiger partial charge is 0.444 e. The lowest BCUT2D eigenvalue weighted by atomic mass is 10.2. The van der Waals surface area contributed by atoms with E-state index in [9.17, 15) is 9.90 Å². The van der Waals surface area contributed by atoms with Crippen molar-refractivity contribution in [3.63, 3.8) is 0 Å². The molecule has 0 bridgehead atoms. The van der Waals surface area contributed by atoms with E-state index < -0.39 is 17.8 Å². The molecule has 1 amide bonds. The van der Waals surface area contributed by atoms with E-state index in [1.165, 1.54) is 4.90 Å². The Kier molecular flexibility index (Phi) is 4.23. The van der Waals surface area contributed by atoms with Crippen LogP contribution in [0.1, 0.15) is 26.8 Å². The van der Waals surface area contributed by atoms with Gasteiger partial charge in [0.25, 0.3) is 0 Å². The zero-order chi connectivity index (χ0) is 17.3. The van der Waals surface area contributed by atoms with E-state index in [4.69, 9.17) is 4.74 Å². The fraction of sp³-hybridized carbons (Fsp3) is 0.500. The van der Waals surface area contributed by atoms with Gasteiger partial charge < -0.3 is 14.7 Å². The minimum absolute atomic E-state index is 0.210. The summed E-state index contributed by atoms with van der Waals surface area (Å²) in [5, 5.41) is 18.5. The Balaban J connectivity index is 1.72. The summed E-state index contributed by atoms with van der Waals surface area (Å²) < 4.78 is 6.95. The molecule has 0 aromatic carbocycles. The maximum atomic E-state index is 12.1. The summed E-state index contributed by atoms with van der Waals surface area (Å²) >= 11 is 0. The summed E-state index contributed by atoms with van der Waals surface area (Å²) in [5.74, 6) is 0. The number of hydrogen-bond donors (Lipinski definition) is 1. The minimum atomic E-state index is -0.721. The van der Waals surface area contributed by atoms with E-state index in [0.717, 1.165) is 5.56 Å². The summed E-state index contributed by atoms with van der Waals surface area (Å²) in [5.41, 5.74) is 0.951. The normalized spacial score (nSPS) is 21.1. The van der Waals surface area contributed by atoms with E-state index in [2.05, 4.69) is 15.3 Å². The highest BCUT2D eigenvalue weighted by molar-refractivity contribution is 5.68. The average Bonchev–Trinajstić information content (AvgIpc) is 3.13. The van der Waals surface area contributed by atoms with Crippen LogP contribution in [0, 0.1) is 0 Å². The van der Waals surface area contributed by atoms with Crippen molar-refractivity contribution in [1.82, 2.24) is 24.9 Å². The van der Waals surface area contributed by atoms with Crippen molar-refractivity contribution in [3.05, 3.63) is 30.7 Å². The number of hydrogen-bond acceptors (Lipinski definition) is 6. The number of pyridine rings is 1. The molecular formula is C16H21N5O3. The summed E-state index contributed by atoms with van der Waals surface area (Å²) in [7, 11) is 0. The molecule has 1 fully saturated rings. The van der Waals surface area contributed by atoms with Crippen LogP contribution < -0.4 is 0 Å². The summed E-state index contributed by atoms with van der Waals surface area (Å²) in [6.45, 7) is 5.97. The average molecular weight is 331 g/mol. The number of aliphatic hydroxyl groups excluding tert-OH is 1. The van der Waals surface area contributed by atoms with E-state index in [-0.39, 0.29) is 12.6 Å². The predicted molar refractivity (Wildman–Crippen MR) is 86.1 cm³/mol. The Morgan fingerprint density at radius 3 is 2.83 bits per heavy atom. The van der Waals surface area contributed by atoms with Crippen LogP contribution in [0.3, 0.4) is 0 Å². The smallest absolute Gasteiger partial charge is 0.410 e. The standard InChI is InChI=1S/C16H21N5O3/c1-16(2,3)24-15(23)20-9-13(14(22)10-20)21-8-12(18-19-21)11-5-4-6-17-7-11/h4-8,13-14,22H,9-10H2,1-3H3/t13-,14-/m1/s1. The van der Waals surface area contributed by atoms with Crippen molar-refractivity contribution in [2.75, 3.05) is 13.1 Å². The van der Waals surface area contributed by atoms with Crippen LogP contribution in [-0.4, -0.2) is 60.9 Å². The van der Waals surface area contributed by atoms with Gasteiger partial charge in [-0.1, -0.05) is 5.21 Å². The Hall–Kier alpha value is -2.48. The number of carbonyl (C=O) groups excluding carboxylic acids is 1. The maximum Gasteiger partial charge on any atom is 0.410 e. The highest BCUT2D eigenvalue weighted by Crippen LogP contribution is 2.25. The minimum Gasteiger partial charge on any atom is -0.444 e. The molecule has 0 aliphatic carbocycles. The first-order valence-corrected chi connectivity index (χ1v) is 7.82. The SMILES string of the molecule is CC(C)(C)OC(=O)N1C[C@@H](O)[C@H](n2cc(-c3cccnc3)nn2)C1. The van der Waals surface area contributed by atoms with Gasteiger partial charge in [0.1, 0.15) is 11.3 Å². The van der Waals surface area contributed by atoms with Crippen LogP contribution in [-0.2, 0) is 4.74 Å². The molecule has 128 valence electrons. The van der Waals surface area contributed by atoms with Crippen LogP contribution in [0.4, 0.5) is 4.79 Å². The zero-order valence-corrected chi connectivity index (χ0v) is 14.0. The number of aromatic nitrogens is 4. The van der Waals surface area contributed by atoms with Crippen molar-refractivity contribution in [2.24, 2.45) is 0 Å². The number of carbonyl (C=O) groups is 1. The molecule has 0 spiro atoms. The summed E-state index contributed by atoms with van der Waals surface area (Å²) in [4.78, 5) is 17.7. The first-order valence-electron chi connectivity index (χ1n) is 7.82. The molecule has 2 atom stereocenters. The molecule has 2 aromatic rings. The van der Waals surface area contributed by atoms with Crippen molar-refractivity contribution in [1.29, 1.82) is 0 Å². The van der Waals surface area contributed by atoms with Gasteiger partial charge in [-0.25, -0.2) is 9.48 Å². The number of aliphatic hydroxyl groups is 1. The zero-order valence-electron chi connectivity index (χ0n) is 14.0. The first kappa shape index (κ1) is 16.4. The van der Waals surface area contributed by atoms with Crippen LogP contribution >= 0.6 is 0 Å². The van der Waals surface area contributed by atoms with E-state index in [1.807, 2.05) is 32.9 Å². The third kappa shape index (κ3) is 3.53. The summed E-state index contributed by atoms with van der Waals surface area (Å²) in [6, 6.07) is 3.36. The van der Waals surface area contributed by atoms with Gasteiger partial charge in [-0.15, -0.1) is 5.10 Å². The van der Waals surface area contributed by atoms with Crippen molar-refractivity contribution in [2.45, 2.75) is 38.5 Å². The second-order valence-corrected chi connectivity index (χ2v) is 6.85. The van der Waals surface area contributed by atoms with Crippen LogP contribution in [0.5, 0.6) is 0 Å². The maximum absolute atomic E-state index is 12.1. The van der Waals surface area contributed by atoms with Crippen LogP contribution in [0.2, 0.25) is 0 Å². The fourth-order valence-corrected chi connectivity index (χ4v) is 2.59. The Labute approximate surface area is 140 Å². The second kappa shape index (κ2) is 6.20. The topological polar surface area (TPSA) is 93.4 Å². The van der Waals surface area contributed by atoms with Gasteiger partial charge in [-0.05, 0) is 32.9 Å². The van der Waals surface area contributed by atoms with Gasteiger partial charge >= 0.3 is 6.09 Å². The third-order valence-corrected chi connectivity index (χ3v) is 3.72. The molecule has 3 rings (SSSR count). The third-order valence-electron chi connectivity index (χ3n) is 3.72. The lowest BCUT2D eigenvalue weighted by molar-refractivity contribution is 0.0270. The molecule has 24 heavy (non-hydrogen) atoms. The molecule has 3 heterocycles. The molecule has 0 unspecified atom stereocenters. The number of rotatable bonds is 2. The monoisotopic (exact) mass is 331 g/mol. The van der Waals surface area contributed by atoms with Gasteiger partial charge in [-0.2, -0.15) is 0 Å². The number of amides is 1. The number of nitrogens with zero attached hydrogens (tertiary/aromatic N) is 5. The van der Waals surface area contributed by atoms with Gasteiger partial charge in [0, 0.05) is 24.5 Å². The Bertz CT molecular complexity index is 710. The quantitative estimate of drug-likeness (QED) is 0.896. The molecule has 1 aliphatic heterocycles. The number of β-amino-alcohol motifs (C(OH)–C–C–N with tert-alkyl or cyclic N) is 1. The molecule has 8 heteroatoms. The molecular weight excluding hydrogens is 310 g/mol. The van der Waals surface area contributed by atoms with E-state index >= 15 is 0 Å². The van der Waals surface area contributed by atoms with E-state index in [0.29, 0.717) is 12.2 Å². The highest BCUT2D eigenvalue weighted by atomic mass is 16.6. The van der Waals surface area contributed by atoms with Crippen LogP contribution in [0.25, 0.3) is 11.3 Å². The molecule has 1 aliphatic rings. The number of ether oxygens (including phenoxy) is 1. The highest BCUT2D eigenvalue weighted by Gasteiger charge is 2.37. The fourth-order valence-electron chi connectivity index (χ4n) is 2.59. The number of likely N-dealkylation sites (tertiary alicyclic amines) is 1. The molecule has 2 aromatic heterocycles. The summed E-state index contributed by atoms with van der Waals surface area (Å²) in [6.07, 6.45) is 3.99. The van der Waals surface area contributed by atoms with Crippen molar-refractivity contribution < 1.29 is 14.6 Å². The lowest BCUT2D eigenvalue weighted by Gasteiger charge is -2.24. The Morgan fingerprint density at radius 1 is 1.38 bits per heavy atom. The molecule has 0 radical (unpaired) electrons. The molecule has 1 N–H and O–H groups in total. The molecule has 0 saturated carbocycles. The second-order valence-electron chi connectivity index (χ2n) is 6.85. The molecule has 8 nitrogen and oxygen atoms in total. The predicted octanol–water partition coefficient (Wildman–Crippen LogP) is 1.49. The first-order chi connectivity index (χ1) is 11.3. The lowest BCUT2D eigenvalue weighted by Crippen LogP contribution is -2.35. The van der Waals surface area contributed by atoms with Gasteiger partial charge in [0.15, 0.2) is 0 Å². The van der Waals surface area contributed by atoms with Crippen LogP contribution in [0.15, 0.2) is 30.7 Å². The van der Waals surface area contributed by atoms with Crippen molar-refractivity contribution >= 4 is 6.09 Å². The van der Waals surface area contributed by atoms with Gasteiger partial charge in [-0.3, -0.25) is 4.98 Å². The van der Waals surface area contributed by atoms with Gasteiger partial charge in [0.2, 0.25) is 0 Å². The van der Waals surface area contributed by atoms with Crippen molar-refractivity contribution in [3.8, 4) is 11.3 Å².